The minimum absolute atomic E-state index is 0.569. The maximum Gasteiger partial charge on any atom is 0.238 e. The zero-order valence-electron chi connectivity index (χ0n) is 31.4. The summed E-state index contributed by atoms with van der Waals surface area (Å²) in [4.78, 5) is 15.2. The highest BCUT2D eigenvalue weighted by molar-refractivity contribution is 6.11. The van der Waals surface area contributed by atoms with Crippen LogP contribution in [0.4, 0.5) is 0 Å². The van der Waals surface area contributed by atoms with Crippen LogP contribution in [0.2, 0.25) is 0 Å². The molecule has 0 unspecified atom stereocenters. The highest BCUT2D eigenvalue weighted by Crippen LogP contribution is 2.38. The minimum atomic E-state index is 0.569. The lowest BCUT2D eigenvalue weighted by Crippen LogP contribution is -2.07. The van der Waals surface area contributed by atoms with Crippen molar-refractivity contribution in [1.29, 1.82) is 0 Å². The molecule has 7 aromatic carbocycles. The third-order valence-electron chi connectivity index (χ3n) is 10.7. The molecule has 0 spiro atoms. The van der Waals surface area contributed by atoms with Crippen molar-refractivity contribution < 1.29 is 0 Å². The first kappa shape index (κ1) is 33.9. The molecule has 0 bridgehead atoms. The number of para-hydroxylation sites is 3. The predicted octanol–water partition coefficient (Wildman–Crippen LogP) is 13.2. The van der Waals surface area contributed by atoms with E-state index in [-0.39, 0.29) is 0 Å². The van der Waals surface area contributed by atoms with Gasteiger partial charge in [-0.15, -0.1) is 0 Å². The molecule has 10 rings (SSSR count). The lowest BCUT2D eigenvalue weighted by atomic mass is 9.97. The molecule has 270 valence electrons. The monoisotopic (exact) mass is 731 g/mol. The molecule has 0 saturated carbocycles. The van der Waals surface area contributed by atoms with Crippen LogP contribution in [0.15, 0.2) is 201 Å². The summed E-state index contributed by atoms with van der Waals surface area (Å²) in [5, 5.41) is 4.75. The average Bonchev–Trinajstić information content (AvgIpc) is 3.79. The maximum absolute atomic E-state index is 5.13. The number of hydrogen-bond donors (Lipinski definition) is 0. The van der Waals surface area contributed by atoms with Crippen LogP contribution in [0.5, 0.6) is 0 Å². The number of nitrogens with zero attached hydrogens (tertiary/aromatic N) is 5. The van der Waals surface area contributed by atoms with Gasteiger partial charge in [0.05, 0.1) is 22.1 Å². The van der Waals surface area contributed by atoms with Crippen LogP contribution in [0.25, 0.3) is 94.5 Å². The first-order valence-electron chi connectivity index (χ1n) is 19.2. The number of allylic oxidation sites excluding steroid dienone is 5. The van der Waals surface area contributed by atoms with E-state index in [1.807, 2.05) is 55.5 Å². The predicted molar refractivity (Wildman–Crippen MR) is 238 cm³/mol. The molecular formula is C52H37N5. The summed E-state index contributed by atoms with van der Waals surface area (Å²) in [5.41, 5.74) is 12.0. The number of aromatic nitrogens is 5. The van der Waals surface area contributed by atoms with Gasteiger partial charge in [0, 0.05) is 32.8 Å². The van der Waals surface area contributed by atoms with Gasteiger partial charge in [-0.25, -0.2) is 4.98 Å². The molecule has 0 saturated heterocycles. The molecule has 0 aliphatic heterocycles. The highest BCUT2D eigenvalue weighted by atomic mass is 15.2. The van der Waals surface area contributed by atoms with Crippen LogP contribution in [0.1, 0.15) is 12.7 Å². The first-order valence-corrected chi connectivity index (χ1v) is 19.2. The van der Waals surface area contributed by atoms with E-state index in [1.165, 1.54) is 27.4 Å². The second-order valence-electron chi connectivity index (χ2n) is 14.2. The summed E-state index contributed by atoms with van der Waals surface area (Å²) < 4.78 is 4.54. The van der Waals surface area contributed by atoms with E-state index < -0.39 is 0 Å². The van der Waals surface area contributed by atoms with Gasteiger partial charge in [0.2, 0.25) is 5.95 Å². The van der Waals surface area contributed by atoms with E-state index in [9.17, 15) is 0 Å². The van der Waals surface area contributed by atoms with Gasteiger partial charge in [0.25, 0.3) is 0 Å². The molecular weight excluding hydrogens is 695 g/mol. The molecule has 10 aromatic rings. The Morgan fingerprint density at radius 2 is 1.04 bits per heavy atom. The van der Waals surface area contributed by atoms with Crippen molar-refractivity contribution in [2.24, 2.45) is 0 Å². The fourth-order valence-electron chi connectivity index (χ4n) is 7.96. The van der Waals surface area contributed by atoms with Crippen LogP contribution in [0, 0.1) is 0 Å². The van der Waals surface area contributed by atoms with E-state index in [4.69, 9.17) is 15.0 Å². The molecule has 5 heteroatoms. The zero-order valence-corrected chi connectivity index (χ0v) is 31.4. The average molecular weight is 732 g/mol. The molecule has 57 heavy (non-hydrogen) atoms. The Bertz CT molecular complexity index is 3200. The van der Waals surface area contributed by atoms with Crippen LogP contribution in [-0.4, -0.2) is 24.1 Å². The lowest BCUT2D eigenvalue weighted by Gasteiger charge is -2.12. The fraction of sp³-hybridized carbons (Fsp3) is 0.0192. The largest absolute Gasteiger partial charge is 0.309 e. The van der Waals surface area contributed by atoms with Gasteiger partial charge < -0.3 is 4.57 Å². The Kier molecular flexibility index (Phi) is 8.46. The van der Waals surface area contributed by atoms with Gasteiger partial charge in [-0.05, 0) is 83.3 Å². The standard InChI is InChI=1S/C52H37N5/c1-3-4-7-17-35(2)50-53-51(36-18-8-5-9-19-36)55-52(54-50)57-47-27-15-12-24-42(47)44-30-28-40(34-49(44)57)38-21-16-20-37(32-38)39-29-31-48-45(33-39)43-25-13-14-26-46(43)56(48)41-22-10-6-11-23-41/h3-34H,1H2,2H3/b7-4-,35-17+. The molecule has 3 heterocycles. The zero-order chi connectivity index (χ0) is 38.3. The Labute approximate surface area is 330 Å². The number of fused-ring (bicyclic) bond motifs is 6. The third-order valence-corrected chi connectivity index (χ3v) is 10.7. The quantitative estimate of drug-likeness (QED) is 0.146. The summed E-state index contributed by atoms with van der Waals surface area (Å²) in [6, 6.07) is 60.2. The van der Waals surface area contributed by atoms with Crippen molar-refractivity contribution in [2.45, 2.75) is 6.92 Å². The molecule has 0 atom stereocenters. The Morgan fingerprint density at radius 1 is 0.456 bits per heavy atom. The SMILES string of the molecule is C=C/C=C\C=C(/C)c1nc(-c2ccccc2)nc(-n2c3ccccc3c3ccc(-c4cccc(-c5ccc6c(c5)c5ccccc5n6-c5ccccc5)c4)cc32)n1. The van der Waals surface area contributed by atoms with Crippen LogP contribution < -0.4 is 0 Å². The van der Waals surface area contributed by atoms with Crippen molar-refractivity contribution in [3.8, 4) is 45.3 Å². The van der Waals surface area contributed by atoms with E-state index in [1.54, 1.807) is 6.08 Å². The Hall–Kier alpha value is -7.63. The molecule has 0 N–H and O–H groups in total. The molecule has 5 nitrogen and oxygen atoms in total. The summed E-state index contributed by atoms with van der Waals surface area (Å²) in [6.45, 7) is 5.83. The fourth-order valence-corrected chi connectivity index (χ4v) is 7.96. The summed E-state index contributed by atoms with van der Waals surface area (Å²) in [5.74, 6) is 1.81. The van der Waals surface area contributed by atoms with Crippen molar-refractivity contribution in [3.05, 3.63) is 207 Å². The van der Waals surface area contributed by atoms with Gasteiger partial charge in [-0.1, -0.05) is 152 Å². The second kappa shape index (κ2) is 14.2. The minimum Gasteiger partial charge on any atom is -0.309 e. The topological polar surface area (TPSA) is 48.5 Å². The summed E-state index contributed by atoms with van der Waals surface area (Å²) in [6.07, 6.45) is 7.62. The van der Waals surface area contributed by atoms with Crippen LogP contribution in [-0.2, 0) is 0 Å². The van der Waals surface area contributed by atoms with Crippen molar-refractivity contribution in [1.82, 2.24) is 24.1 Å². The molecule has 0 aliphatic carbocycles. The molecule has 0 aliphatic rings. The third kappa shape index (κ3) is 6.03. The molecule has 0 radical (unpaired) electrons. The van der Waals surface area contributed by atoms with E-state index in [2.05, 4.69) is 155 Å². The Balaban J connectivity index is 1.12. The van der Waals surface area contributed by atoms with Gasteiger partial charge in [0.1, 0.15) is 0 Å². The number of hydrogen-bond acceptors (Lipinski definition) is 3. The van der Waals surface area contributed by atoms with E-state index >= 15 is 0 Å². The number of rotatable bonds is 8. The van der Waals surface area contributed by atoms with E-state index in [0.717, 1.165) is 55.3 Å². The van der Waals surface area contributed by atoms with Gasteiger partial charge in [-0.2, -0.15) is 9.97 Å². The van der Waals surface area contributed by atoms with Crippen molar-refractivity contribution >= 4 is 49.2 Å². The van der Waals surface area contributed by atoms with Gasteiger partial charge in [-0.3, -0.25) is 4.57 Å². The Morgan fingerprint density at radius 3 is 1.79 bits per heavy atom. The molecule has 0 fully saturated rings. The van der Waals surface area contributed by atoms with Gasteiger partial charge >= 0.3 is 0 Å². The summed E-state index contributed by atoms with van der Waals surface area (Å²) >= 11 is 0. The lowest BCUT2D eigenvalue weighted by molar-refractivity contribution is 0.930. The second-order valence-corrected chi connectivity index (χ2v) is 14.2. The van der Waals surface area contributed by atoms with Crippen molar-refractivity contribution in [3.63, 3.8) is 0 Å². The van der Waals surface area contributed by atoms with E-state index in [0.29, 0.717) is 17.6 Å². The normalized spacial score (nSPS) is 12.1. The van der Waals surface area contributed by atoms with Crippen LogP contribution in [0.3, 0.4) is 0 Å². The smallest absolute Gasteiger partial charge is 0.238 e. The first-order chi connectivity index (χ1) is 28.1. The molecule has 3 aromatic heterocycles. The molecule has 0 amide bonds. The highest BCUT2D eigenvalue weighted by Gasteiger charge is 2.19. The van der Waals surface area contributed by atoms with Crippen molar-refractivity contribution in [2.75, 3.05) is 0 Å². The van der Waals surface area contributed by atoms with Crippen LogP contribution >= 0.6 is 0 Å². The maximum atomic E-state index is 5.13. The summed E-state index contributed by atoms with van der Waals surface area (Å²) in [7, 11) is 0. The van der Waals surface area contributed by atoms with Gasteiger partial charge in [0.15, 0.2) is 11.6 Å². The number of benzene rings is 7.